The molecule has 0 amide bonds. The Morgan fingerprint density at radius 1 is 1.18 bits per heavy atom. The summed E-state index contributed by atoms with van der Waals surface area (Å²) in [5.74, 6) is 0.482. The first-order valence-corrected chi connectivity index (χ1v) is 6.70. The maximum Gasteiger partial charge on any atom is 0.310 e. The van der Waals surface area contributed by atoms with Gasteiger partial charge in [-0.05, 0) is 31.5 Å². The van der Waals surface area contributed by atoms with Crippen LogP contribution in [0.5, 0.6) is 0 Å². The lowest BCUT2D eigenvalue weighted by atomic mass is 10.1. The molecule has 3 nitrogen and oxygen atoms in total. The molecule has 0 spiro atoms. The SMILES string of the molecule is CCOCSc1ccc(CC(=O)OCC)cc1. The van der Waals surface area contributed by atoms with Crippen molar-refractivity contribution in [3.05, 3.63) is 29.8 Å². The summed E-state index contributed by atoms with van der Waals surface area (Å²) in [5.41, 5.74) is 0.976. The van der Waals surface area contributed by atoms with E-state index in [9.17, 15) is 4.79 Å². The zero-order valence-electron chi connectivity index (χ0n) is 10.3. The molecule has 0 fully saturated rings. The highest BCUT2D eigenvalue weighted by molar-refractivity contribution is 7.99. The molecule has 0 N–H and O–H groups in total. The smallest absolute Gasteiger partial charge is 0.310 e. The number of carbonyl (C=O) groups excluding carboxylic acids is 1. The number of esters is 1. The van der Waals surface area contributed by atoms with Gasteiger partial charge in [-0.3, -0.25) is 4.79 Å². The summed E-state index contributed by atoms with van der Waals surface area (Å²) in [5, 5.41) is 0. The van der Waals surface area contributed by atoms with E-state index in [2.05, 4.69) is 0 Å². The number of hydrogen-bond donors (Lipinski definition) is 0. The van der Waals surface area contributed by atoms with Gasteiger partial charge in [0, 0.05) is 11.5 Å². The van der Waals surface area contributed by atoms with E-state index in [4.69, 9.17) is 9.47 Å². The molecular weight excluding hydrogens is 236 g/mol. The second-order valence-corrected chi connectivity index (χ2v) is 4.38. The summed E-state index contributed by atoms with van der Waals surface area (Å²) in [7, 11) is 0. The molecule has 1 rings (SSSR count). The third kappa shape index (κ3) is 5.75. The standard InChI is InChI=1S/C13H18O3S/c1-3-15-10-17-12-7-5-11(6-8-12)9-13(14)16-4-2/h5-8H,3-4,9-10H2,1-2H3. The van der Waals surface area contributed by atoms with E-state index in [0.29, 0.717) is 19.0 Å². The van der Waals surface area contributed by atoms with Crippen LogP contribution in [0.1, 0.15) is 19.4 Å². The van der Waals surface area contributed by atoms with Gasteiger partial charge in [-0.2, -0.15) is 0 Å². The van der Waals surface area contributed by atoms with Crippen molar-refractivity contribution < 1.29 is 14.3 Å². The predicted molar refractivity (Wildman–Crippen MR) is 69.1 cm³/mol. The second-order valence-electron chi connectivity index (χ2n) is 3.38. The minimum absolute atomic E-state index is 0.179. The Bertz CT molecular complexity index is 335. The van der Waals surface area contributed by atoms with E-state index in [1.807, 2.05) is 38.1 Å². The Kier molecular flexibility index (Phi) is 6.74. The van der Waals surface area contributed by atoms with Crippen molar-refractivity contribution in [2.75, 3.05) is 19.2 Å². The third-order valence-electron chi connectivity index (χ3n) is 2.09. The van der Waals surface area contributed by atoms with Gasteiger partial charge in [0.25, 0.3) is 0 Å². The molecule has 0 aliphatic heterocycles. The number of ether oxygens (including phenoxy) is 2. The summed E-state index contributed by atoms with van der Waals surface area (Å²) in [6, 6.07) is 7.90. The molecule has 1 aromatic rings. The van der Waals surface area contributed by atoms with Crippen LogP contribution in [0.25, 0.3) is 0 Å². The van der Waals surface area contributed by atoms with Gasteiger partial charge in [0.2, 0.25) is 0 Å². The van der Waals surface area contributed by atoms with Crippen molar-refractivity contribution in [3.8, 4) is 0 Å². The number of hydrogen-bond acceptors (Lipinski definition) is 4. The molecule has 4 heteroatoms. The highest BCUT2D eigenvalue weighted by atomic mass is 32.2. The van der Waals surface area contributed by atoms with Crippen LogP contribution in [0.4, 0.5) is 0 Å². The van der Waals surface area contributed by atoms with Crippen molar-refractivity contribution >= 4 is 17.7 Å². The van der Waals surface area contributed by atoms with E-state index in [0.717, 1.165) is 17.1 Å². The molecule has 0 radical (unpaired) electrons. The van der Waals surface area contributed by atoms with E-state index in [1.165, 1.54) is 0 Å². The largest absolute Gasteiger partial charge is 0.466 e. The summed E-state index contributed by atoms with van der Waals surface area (Å²) >= 11 is 1.64. The lowest BCUT2D eigenvalue weighted by Crippen LogP contribution is -2.07. The fourth-order valence-corrected chi connectivity index (χ4v) is 1.99. The molecule has 0 saturated heterocycles. The third-order valence-corrected chi connectivity index (χ3v) is 2.98. The molecule has 0 atom stereocenters. The molecule has 0 saturated carbocycles. The first-order chi connectivity index (χ1) is 8.26. The van der Waals surface area contributed by atoms with Gasteiger partial charge in [0.1, 0.15) is 0 Å². The molecule has 0 aliphatic rings. The topological polar surface area (TPSA) is 35.5 Å². The molecule has 1 aromatic carbocycles. The van der Waals surface area contributed by atoms with Crippen LogP contribution in [0.3, 0.4) is 0 Å². The maximum atomic E-state index is 11.3. The zero-order chi connectivity index (χ0) is 12.5. The van der Waals surface area contributed by atoms with Gasteiger partial charge in [-0.25, -0.2) is 0 Å². The van der Waals surface area contributed by atoms with Crippen molar-refractivity contribution in [2.45, 2.75) is 25.2 Å². The first-order valence-electron chi connectivity index (χ1n) is 5.71. The van der Waals surface area contributed by atoms with Crippen LogP contribution >= 0.6 is 11.8 Å². The number of thioether (sulfide) groups is 1. The quantitative estimate of drug-likeness (QED) is 0.324. The molecular formula is C13H18O3S. The average Bonchev–Trinajstić information content (AvgIpc) is 2.32. The second kappa shape index (κ2) is 8.14. The molecule has 0 heterocycles. The van der Waals surface area contributed by atoms with Crippen LogP contribution in [-0.4, -0.2) is 25.1 Å². The van der Waals surface area contributed by atoms with Gasteiger partial charge < -0.3 is 9.47 Å². The Morgan fingerprint density at radius 2 is 1.88 bits per heavy atom. The maximum absolute atomic E-state index is 11.3. The lowest BCUT2D eigenvalue weighted by molar-refractivity contribution is -0.142. The molecule has 17 heavy (non-hydrogen) atoms. The van der Waals surface area contributed by atoms with Crippen molar-refractivity contribution in [2.24, 2.45) is 0 Å². The Morgan fingerprint density at radius 3 is 2.47 bits per heavy atom. The first kappa shape index (κ1) is 14.1. The van der Waals surface area contributed by atoms with Gasteiger partial charge in [0.15, 0.2) is 0 Å². The number of rotatable bonds is 7. The van der Waals surface area contributed by atoms with Crippen LogP contribution in [0.2, 0.25) is 0 Å². The van der Waals surface area contributed by atoms with Crippen molar-refractivity contribution in [3.63, 3.8) is 0 Å². The molecule has 0 bridgehead atoms. The fraction of sp³-hybridized carbons (Fsp3) is 0.462. The molecule has 0 aromatic heterocycles. The summed E-state index contributed by atoms with van der Waals surface area (Å²) in [4.78, 5) is 12.4. The van der Waals surface area contributed by atoms with E-state index in [1.54, 1.807) is 11.8 Å². The van der Waals surface area contributed by atoms with Crippen LogP contribution in [-0.2, 0) is 20.7 Å². The van der Waals surface area contributed by atoms with Crippen LogP contribution in [0, 0.1) is 0 Å². The van der Waals surface area contributed by atoms with Crippen LogP contribution < -0.4 is 0 Å². The fourth-order valence-electron chi connectivity index (χ4n) is 1.28. The van der Waals surface area contributed by atoms with Gasteiger partial charge in [0.05, 0.1) is 19.0 Å². The molecule has 94 valence electrons. The Hall–Kier alpha value is -1.00. The lowest BCUT2D eigenvalue weighted by Gasteiger charge is -2.04. The summed E-state index contributed by atoms with van der Waals surface area (Å²) in [6.07, 6.45) is 0.338. The van der Waals surface area contributed by atoms with E-state index < -0.39 is 0 Å². The molecule has 0 aliphatic carbocycles. The van der Waals surface area contributed by atoms with Gasteiger partial charge >= 0.3 is 5.97 Å². The number of carbonyl (C=O) groups is 1. The minimum Gasteiger partial charge on any atom is -0.466 e. The zero-order valence-corrected chi connectivity index (χ0v) is 11.1. The van der Waals surface area contributed by atoms with Gasteiger partial charge in [-0.1, -0.05) is 23.9 Å². The Labute approximate surface area is 106 Å². The minimum atomic E-state index is -0.179. The average molecular weight is 254 g/mol. The van der Waals surface area contributed by atoms with Crippen LogP contribution in [0.15, 0.2) is 29.2 Å². The van der Waals surface area contributed by atoms with Crippen molar-refractivity contribution in [1.29, 1.82) is 0 Å². The number of benzene rings is 1. The highest BCUT2D eigenvalue weighted by Crippen LogP contribution is 2.18. The predicted octanol–water partition coefficient (Wildman–Crippen LogP) is 2.88. The monoisotopic (exact) mass is 254 g/mol. The van der Waals surface area contributed by atoms with Crippen molar-refractivity contribution in [1.82, 2.24) is 0 Å². The van der Waals surface area contributed by atoms with E-state index in [-0.39, 0.29) is 5.97 Å². The highest BCUT2D eigenvalue weighted by Gasteiger charge is 2.03. The molecule has 0 unspecified atom stereocenters. The summed E-state index contributed by atoms with van der Waals surface area (Å²) < 4.78 is 10.1. The van der Waals surface area contributed by atoms with E-state index >= 15 is 0 Å². The van der Waals surface area contributed by atoms with Gasteiger partial charge in [-0.15, -0.1) is 0 Å². The Balaban J connectivity index is 2.41. The normalized spacial score (nSPS) is 10.2. The summed E-state index contributed by atoms with van der Waals surface area (Å²) in [6.45, 7) is 4.95.